The maximum Gasteiger partial charge on any atom is 0.165 e. The summed E-state index contributed by atoms with van der Waals surface area (Å²) in [5.74, 6) is 1.16. The summed E-state index contributed by atoms with van der Waals surface area (Å²) < 4.78 is 5.03. The molecule has 4 nitrogen and oxygen atoms in total. The minimum absolute atomic E-state index is 0.0394. The summed E-state index contributed by atoms with van der Waals surface area (Å²) in [6, 6.07) is 4.79. The summed E-state index contributed by atoms with van der Waals surface area (Å²) in [7, 11) is 1.46. The van der Waals surface area contributed by atoms with E-state index in [-0.39, 0.29) is 18.0 Å². The van der Waals surface area contributed by atoms with Crippen molar-refractivity contribution in [1.29, 1.82) is 0 Å². The molecule has 2 unspecified atom stereocenters. The average molecular weight is 334 g/mol. The number of aliphatic hydroxyl groups excluding tert-OH is 1. The fraction of sp³-hybridized carbons (Fsp3) is 0.550. The Morgan fingerprint density at radius 2 is 1.96 bits per heavy atom. The van der Waals surface area contributed by atoms with Crippen LogP contribution in [0.15, 0.2) is 30.4 Å². The van der Waals surface area contributed by atoms with Crippen LogP contribution in [-0.4, -0.2) is 29.2 Å². The van der Waals surface area contributed by atoms with Crippen molar-refractivity contribution in [2.75, 3.05) is 7.11 Å². The van der Waals surface area contributed by atoms with Crippen LogP contribution in [0.5, 0.6) is 11.5 Å². The molecule has 0 saturated carbocycles. The van der Waals surface area contributed by atoms with Crippen LogP contribution in [0.25, 0.3) is 0 Å². The summed E-state index contributed by atoms with van der Waals surface area (Å²) in [5.41, 5.74) is 0.724. The molecule has 0 aliphatic carbocycles. The first-order chi connectivity index (χ1) is 11.3. The molecule has 134 valence electrons. The van der Waals surface area contributed by atoms with Gasteiger partial charge in [-0.15, -0.1) is 0 Å². The van der Waals surface area contributed by atoms with E-state index < -0.39 is 6.10 Å². The molecule has 2 atom stereocenters. The SMILES string of the molecule is COc1cc(CC(=O)C(O)CCC(C)CC=CC(C)C)ccc1O. The summed E-state index contributed by atoms with van der Waals surface area (Å²) in [4.78, 5) is 12.1. The molecular weight excluding hydrogens is 304 g/mol. The van der Waals surface area contributed by atoms with Crippen molar-refractivity contribution in [3.63, 3.8) is 0 Å². The zero-order valence-electron chi connectivity index (χ0n) is 15.2. The molecule has 2 N–H and O–H groups in total. The van der Waals surface area contributed by atoms with E-state index in [4.69, 9.17) is 4.74 Å². The highest BCUT2D eigenvalue weighted by Crippen LogP contribution is 2.26. The predicted molar refractivity (Wildman–Crippen MR) is 96.4 cm³/mol. The molecule has 1 rings (SSSR count). The monoisotopic (exact) mass is 334 g/mol. The maximum atomic E-state index is 12.1. The second-order valence-corrected chi connectivity index (χ2v) is 6.76. The Labute approximate surface area is 145 Å². The standard InChI is InChI=1S/C20H30O4/c1-14(2)6-5-7-15(3)8-10-17(21)19(23)12-16-9-11-18(22)20(13-16)24-4/h5-6,9,11,13-15,17,21-22H,7-8,10,12H2,1-4H3. The first-order valence-electron chi connectivity index (χ1n) is 8.56. The molecule has 24 heavy (non-hydrogen) atoms. The van der Waals surface area contributed by atoms with Crippen LogP contribution in [-0.2, 0) is 11.2 Å². The molecule has 4 heteroatoms. The Balaban J connectivity index is 2.44. The van der Waals surface area contributed by atoms with Gasteiger partial charge >= 0.3 is 0 Å². The molecule has 0 heterocycles. The fourth-order valence-corrected chi connectivity index (χ4v) is 2.46. The Morgan fingerprint density at radius 3 is 2.58 bits per heavy atom. The van der Waals surface area contributed by atoms with Gasteiger partial charge in [-0.05, 0) is 48.8 Å². The molecule has 1 aromatic carbocycles. The van der Waals surface area contributed by atoms with Gasteiger partial charge < -0.3 is 14.9 Å². The van der Waals surface area contributed by atoms with E-state index in [1.807, 2.05) is 0 Å². The molecule has 0 spiro atoms. The lowest BCUT2D eigenvalue weighted by Gasteiger charge is -2.13. The zero-order chi connectivity index (χ0) is 18.1. The summed E-state index contributed by atoms with van der Waals surface area (Å²) in [6.45, 7) is 6.41. The van der Waals surface area contributed by atoms with Crippen molar-refractivity contribution in [3.8, 4) is 11.5 Å². The minimum Gasteiger partial charge on any atom is -0.504 e. The fourth-order valence-electron chi connectivity index (χ4n) is 2.46. The van der Waals surface area contributed by atoms with E-state index in [1.54, 1.807) is 12.1 Å². The molecule has 0 aliphatic rings. The topological polar surface area (TPSA) is 66.8 Å². The molecule has 0 saturated heterocycles. The minimum atomic E-state index is -0.943. The van der Waals surface area contributed by atoms with Crippen molar-refractivity contribution in [2.24, 2.45) is 11.8 Å². The highest BCUT2D eigenvalue weighted by molar-refractivity contribution is 5.85. The number of Topliss-reactive ketones (excluding diaryl/α,β-unsaturated/α-hetero) is 1. The Hall–Kier alpha value is -1.81. The predicted octanol–water partition coefficient (Wildman–Crippen LogP) is 3.89. The number of aromatic hydroxyl groups is 1. The van der Waals surface area contributed by atoms with E-state index in [0.29, 0.717) is 24.0 Å². The number of methoxy groups -OCH3 is 1. The van der Waals surface area contributed by atoms with Crippen LogP contribution < -0.4 is 4.74 Å². The second-order valence-electron chi connectivity index (χ2n) is 6.76. The van der Waals surface area contributed by atoms with E-state index in [1.165, 1.54) is 13.2 Å². The quantitative estimate of drug-likeness (QED) is 0.637. The molecule has 0 aromatic heterocycles. The number of rotatable bonds is 10. The molecular formula is C20H30O4. The number of ketones is 1. The summed E-state index contributed by atoms with van der Waals surface area (Å²) in [6.07, 6.45) is 5.80. The van der Waals surface area contributed by atoms with E-state index in [0.717, 1.165) is 18.4 Å². The third-order valence-electron chi connectivity index (χ3n) is 3.99. The number of ether oxygens (including phenoxy) is 1. The lowest BCUT2D eigenvalue weighted by molar-refractivity contribution is -0.126. The highest BCUT2D eigenvalue weighted by atomic mass is 16.5. The smallest absolute Gasteiger partial charge is 0.165 e. The number of allylic oxidation sites excluding steroid dienone is 2. The first-order valence-corrected chi connectivity index (χ1v) is 8.56. The zero-order valence-corrected chi connectivity index (χ0v) is 15.2. The van der Waals surface area contributed by atoms with Crippen LogP contribution in [0.1, 0.15) is 45.6 Å². The van der Waals surface area contributed by atoms with Gasteiger partial charge in [0.05, 0.1) is 7.11 Å². The number of carbonyl (C=O) groups is 1. The van der Waals surface area contributed by atoms with Crippen molar-refractivity contribution >= 4 is 5.78 Å². The number of hydrogen-bond acceptors (Lipinski definition) is 4. The first kappa shape index (κ1) is 20.2. The lowest BCUT2D eigenvalue weighted by Crippen LogP contribution is -2.23. The van der Waals surface area contributed by atoms with Crippen molar-refractivity contribution in [1.82, 2.24) is 0 Å². The normalized spacial score (nSPS) is 14.1. The van der Waals surface area contributed by atoms with Gasteiger partial charge in [-0.25, -0.2) is 0 Å². The van der Waals surface area contributed by atoms with Gasteiger partial charge in [0, 0.05) is 6.42 Å². The average Bonchev–Trinajstić information content (AvgIpc) is 2.53. The molecule has 0 radical (unpaired) electrons. The molecule has 1 aromatic rings. The van der Waals surface area contributed by atoms with Gasteiger partial charge in [0.15, 0.2) is 17.3 Å². The number of hydrogen-bond donors (Lipinski definition) is 2. The van der Waals surface area contributed by atoms with Gasteiger partial charge in [0.2, 0.25) is 0 Å². The van der Waals surface area contributed by atoms with Crippen molar-refractivity contribution in [3.05, 3.63) is 35.9 Å². The second kappa shape index (κ2) is 10.1. The van der Waals surface area contributed by atoms with E-state index >= 15 is 0 Å². The number of phenolic OH excluding ortho intramolecular Hbond substituents is 1. The van der Waals surface area contributed by atoms with Crippen molar-refractivity contribution < 1.29 is 19.7 Å². The third-order valence-corrected chi connectivity index (χ3v) is 3.99. The van der Waals surface area contributed by atoms with Gasteiger partial charge in [-0.2, -0.15) is 0 Å². The molecule has 0 amide bonds. The van der Waals surface area contributed by atoms with Gasteiger partial charge in [0.25, 0.3) is 0 Å². The Kier molecular flexibility index (Phi) is 8.55. The number of carbonyl (C=O) groups excluding carboxylic acids is 1. The summed E-state index contributed by atoms with van der Waals surface area (Å²) >= 11 is 0. The third kappa shape index (κ3) is 7.18. The number of aliphatic hydroxyl groups is 1. The lowest BCUT2D eigenvalue weighted by atomic mass is 9.95. The van der Waals surface area contributed by atoms with Crippen LogP contribution in [0.3, 0.4) is 0 Å². The largest absolute Gasteiger partial charge is 0.504 e. The van der Waals surface area contributed by atoms with E-state index in [9.17, 15) is 15.0 Å². The van der Waals surface area contributed by atoms with Crippen LogP contribution in [0.4, 0.5) is 0 Å². The molecule has 0 aliphatic heterocycles. The Bertz CT molecular complexity index is 549. The molecule has 0 fully saturated rings. The van der Waals surface area contributed by atoms with Crippen LogP contribution in [0, 0.1) is 11.8 Å². The van der Waals surface area contributed by atoms with E-state index in [2.05, 4.69) is 32.9 Å². The number of benzene rings is 1. The van der Waals surface area contributed by atoms with Crippen LogP contribution >= 0.6 is 0 Å². The van der Waals surface area contributed by atoms with Gasteiger partial charge in [-0.3, -0.25) is 4.79 Å². The molecule has 0 bridgehead atoms. The van der Waals surface area contributed by atoms with Crippen LogP contribution in [0.2, 0.25) is 0 Å². The number of phenols is 1. The van der Waals surface area contributed by atoms with Crippen molar-refractivity contribution in [2.45, 2.75) is 52.6 Å². The Morgan fingerprint density at radius 1 is 1.25 bits per heavy atom. The van der Waals surface area contributed by atoms with Gasteiger partial charge in [-0.1, -0.05) is 39.0 Å². The maximum absolute atomic E-state index is 12.1. The highest BCUT2D eigenvalue weighted by Gasteiger charge is 2.17. The van der Waals surface area contributed by atoms with Gasteiger partial charge in [0.1, 0.15) is 6.10 Å². The summed E-state index contributed by atoms with van der Waals surface area (Å²) in [5, 5.41) is 19.6.